The lowest BCUT2D eigenvalue weighted by atomic mass is 10.00. The highest BCUT2D eigenvalue weighted by molar-refractivity contribution is 5.82. The lowest BCUT2D eigenvalue weighted by molar-refractivity contribution is -0.123. The summed E-state index contributed by atoms with van der Waals surface area (Å²) >= 11 is 0. The zero-order chi connectivity index (χ0) is 17.2. The number of carbonyl (C=O) groups is 1. The summed E-state index contributed by atoms with van der Waals surface area (Å²) in [7, 11) is 0. The second-order valence-corrected chi connectivity index (χ2v) is 7.12. The summed E-state index contributed by atoms with van der Waals surface area (Å²) in [5.74, 6) is 1.09. The van der Waals surface area contributed by atoms with Gasteiger partial charge in [0.2, 0.25) is 5.91 Å². The van der Waals surface area contributed by atoms with Crippen LogP contribution in [-0.4, -0.2) is 41.7 Å². The normalized spacial score (nSPS) is 23.7. The van der Waals surface area contributed by atoms with Crippen LogP contribution >= 0.6 is 0 Å². The summed E-state index contributed by atoms with van der Waals surface area (Å²) < 4.78 is 5.36. The average molecular weight is 340 g/mol. The molecule has 2 aliphatic rings. The fourth-order valence-electron chi connectivity index (χ4n) is 3.72. The molecule has 25 heavy (non-hydrogen) atoms. The van der Waals surface area contributed by atoms with Gasteiger partial charge in [-0.15, -0.1) is 0 Å². The number of aliphatic hydroxyl groups excluding tert-OH is 1. The predicted octanol–water partition coefficient (Wildman–Crippen LogP) is 1.92. The van der Waals surface area contributed by atoms with Crippen molar-refractivity contribution >= 4 is 5.91 Å². The Kier molecular flexibility index (Phi) is 4.59. The van der Waals surface area contributed by atoms with E-state index in [1.165, 1.54) is 11.1 Å². The molecule has 0 bridgehead atoms. The first-order valence-corrected chi connectivity index (χ1v) is 8.99. The molecular weight excluding hydrogens is 316 g/mol. The number of nitrogens with one attached hydrogen (secondary N) is 1. The van der Waals surface area contributed by atoms with Crippen LogP contribution in [0.25, 0.3) is 0 Å². The Bertz CT molecular complexity index is 728. The number of benzene rings is 1. The second-order valence-electron chi connectivity index (χ2n) is 7.12. The minimum atomic E-state index is -0.546. The fraction of sp³-hybridized carbons (Fsp3) is 0.450. The van der Waals surface area contributed by atoms with Crippen molar-refractivity contribution in [3.63, 3.8) is 0 Å². The quantitative estimate of drug-likeness (QED) is 0.843. The van der Waals surface area contributed by atoms with Crippen LogP contribution < -0.4 is 5.32 Å². The number of rotatable bonds is 6. The number of β-amino-alcohol motifs (C(OH)–C–C–N with tert-alkyl or cyclic N) is 1. The number of hydrogen-bond acceptors (Lipinski definition) is 4. The van der Waals surface area contributed by atoms with Crippen LogP contribution in [0.1, 0.15) is 29.2 Å². The summed E-state index contributed by atoms with van der Waals surface area (Å²) in [6.45, 7) is 2.70. The number of hydrogen-bond donors (Lipinski definition) is 2. The predicted molar refractivity (Wildman–Crippen MR) is 94.0 cm³/mol. The van der Waals surface area contributed by atoms with Crippen LogP contribution in [0, 0.1) is 5.92 Å². The van der Waals surface area contributed by atoms with E-state index in [1.807, 2.05) is 12.1 Å². The molecule has 1 aliphatic carbocycles. The van der Waals surface area contributed by atoms with Gasteiger partial charge in [-0.1, -0.05) is 24.3 Å². The number of amides is 1. The third kappa shape index (κ3) is 3.78. The van der Waals surface area contributed by atoms with Crippen LogP contribution in [-0.2, 0) is 17.8 Å². The maximum Gasteiger partial charge on any atom is 0.223 e. The molecule has 132 valence electrons. The standard InChI is InChI=1S/C20H24N2O3/c23-16(13-22-8-7-14-4-1-2-5-15(14)12-22)11-21-20(24)18-10-17(18)19-6-3-9-25-19/h1-6,9,16-18,23H,7-8,10-13H2,(H,21,24). The molecule has 5 nitrogen and oxygen atoms in total. The highest BCUT2D eigenvalue weighted by atomic mass is 16.3. The molecule has 3 atom stereocenters. The second kappa shape index (κ2) is 7.02. The molecule has 1 amide bonds. The Morgan fingerprint density at radius 1 is 1.28 bits per heavy atom. The van der Waals surface area contributed by atoms with Crippen molar-refractivity contribution in [2.24, 2.45) is 5.92 Å². The van der Waals surface area contributed by atoms with Crippen LogP contribution in [0.2, 0.25) is 0 Å². The van der Waals surface area contributed by atoms with E-state index in [2.05, 4.69) is 34.5 Å². The van der Waals surface area contributed by atoms with Gasteiger partial charge in [-0.2, -0.15) is 0 Å². The van der Waals surface area contributed by atoms with Crippen molar-refractivity contribution in [2.75, 3.05) is 19.6 Å². The molecule has 2 aromatic rings. The van der Waals surface area contributed by atoms with E-state index in [0.717, 1.165) is 31.7 Å². The van der Waals surface area contributed by atoms with Crippen LogP contribution in [0.3, 0.4) is 0 Å². The Morgan fingerprint density at radius 2 is 2.12 bits per heavy atom. The van der Waals surface area contributed by atoms with Gasteiger partial charge in [0, 0.05) is 38.0 Å². The van der Waals surface area contributed by atoms with Gasteiger partial charge in [0.15, 0.2) is 0 Å². The smallest absolute Gasteiger partial charge is 0.223 e. The van der Waals surface area contributed by atoms with E-state index >= 15 is 0 Å². The Balaban J connectivity index is 1.21. The molecule has 1 aromatic heterocycles. The molecule has 1 aromatic carbocycles. The van der Waals surface area contributed by atoms with Gasteiger partial charge < -0.3 is 14.8 Å². The number of furan rings is 1. The molecule has 4 rings (SSSR count). The van der Waals surface area contributed by atoms with Crippen LogP contribution in [0.4, 0.5) is 0 Å². The molecule has 3 unspecified atom stereocenters. The maximum atomic E-state index is 12.2. The fourth-order valence-corrected chi connectivity index (χ4v) is 3.72. The highest BCUT2D eigenvalue weighted by Crippen LogP contribution is 2.47. The van der Waals surface area contributed by atoms with Gasteiger partial charge in [0.25, 0.3) is 0 Å². The summed E-state index contributed by atoms with van der Waals surface area (Å²) in [5.41, 5.74) is 2.74. The zero-order valence-electron chi connectivity index (χ0n) is 14.2. The molecule has 0 spiro atoms. The summed E-state index contributed by atoms with van der Waals surface area (Å²) in [4.78, 5) is 14.4. The van der Waals surface area contributed by atoms with Crippen molar-refractivity contribution in [3.8, 4) is 0 Å². The topological polar surface area (TPSA) is 65.7 Å². The van der Waals surface area contributed by atoms with Gasteiger partial charge in [-0.25, -0.2) is 0 Å². The zero-order valence-corrected chi connectivity index (χ0v) is 14.2. The van der Waals surface area contributed by atoms with E-state index < -0.39 is 6.10 Å². The number of nitrogens with zero attached hydrogens (tertiary/aromatic N) is 1. The van der Waals surface area contributed by atoms with Crippen molar-refractivity contribution in [3.05, 3.63) is 59.5 Å². The summed E-state index contributed by atoms with van der Waals surface area (Å²) in [6.07, 6.45) is 2.94. The van der Waals surface area contributed by atoms with E-state index in [4.69, 9.17) is 4.42 Å². The van der Waals surface area contributed by atoms with Gasteiger partial charge in [0.05, 0.1) is 12.4 Å². The van der Waals surface area contributed by atoms with Crippen LogP contribution in [0.15, 0.2) is 47.1 Å². The minimum Gasteiger partial charge on any atom is -0.469 e. The molecule has 5 heteroatoms. The van der Waals surface area contributed by atoms with Crippen molar-refractivity contribution in [1.29, 1.82) is 0 Å². The lowest BCUT2D eigenvalue weighted by Crippen LogP contribution is -2.42. The Hall–Kier alpha value is -2.11. The first kappa shape index (κ1) is 16.4. The molecule has 1 fully saturated rings. The molecule has 1 aliphatic heterocycles. The first-order chi connectivity index (χ1) is 12.2. The average Bonchev–Trinajstić information content (AvgIpc) is 3.24. The third-order valence-electron chi connectivity index (χ3n) is 5.23. The third-order valence-corrected chi connectivity index (χ3v) is 5.23. The van der Waals surface area contributed by atoms with Gasteiger partial charge in [-0.3, -0.25) is 9.69 Å². The molecule has 1 saturated carbocycles. The van der Waals surface area contributed by atoms with Crippen molar-refractivity contribution in [2.45, 2.75) is 31.4 Å². The lowest BCUT2D eigenvalue weighted by Gasteiger charge is -2.30. The molecule has 0 saturated heterocycles. The van der Waals surface area contributed by atoms with E-state index in [-0.39, 0.29) is 17.7 Å². The molecule has 2 heterocycles. The van der Waals surface area contributed by atoms with Crippen LogP contribution in [0.5, 0.6) is 0 Å². The van der Waals surface area contributed by atoms with Crippen molar-refractivity contribution in [1.82, 2.24) is 10.2 Å². The minimum absolute atomic E-state index is 0.0137. The molecule has 2 N–H and O–H groups in total. The Morgan fingerprint density at radius 3 is 2.92 bits per heavy atom. The van der Waals surface area contributed by atoms with E-state index in [1.54, 1.807) is 6.26 Å². The number of fused-ring (bicyclic) bond motifs is 1. The summed E-state index contributed by atoms with van der Waals surface area (Å²) in [5, 5.41) is 13.2. The number of aliphatic hydroxyl groups is 1. The highest BCUT2D eigenvalue weighted by Gasteiger charge is 2.45. The molecule has 0 radical (unpaired) electrons. The van der Waals surface area contributed by atoms with Gasteiger partial charge >= 0.3 is 0 Å². The monoisotopic (exact) mass is 340 g/mol. The SMILES string of the molecule is O=C(NCC(O)CN1CCc2ccccc2C1)C1CC1c1ccco1. The number of carbonyl (C=O) groups excluding carboxylic acids is 1. The first-order valence-electron chi connectivity index (χ1n) is 8.99. The van der Waals surface area contributed by atoms with E-state index in [9.17, 15) is 9.90 Å². The maximum absolute atomic E-state index is 12.2. The molecular formula is C20H24N2O3. The van der Waals surface area contributed by atoms with Crippen molar-refractivity contribution < 1.29 is 14.3 Å². The van der Waals surface area contributed by atoms with E-state index in [0.29, 0.717) is 13.1 Å². The summed E-state index contributed by atoms with van der Waals surface area (Å²) in [6, 6.07) is 12.2. The Labute approximate surface area is 147 Å². The van der Waals surface area contributed by atoms with Gasteiger partial charge in [-0.05, 0) is 36.1 Å². The van der Waals surface area contributed by atoms with Gasteiger partial charge in [0.1, 0.15) is 5.76 Å². The largest absolute Gasteiger partial charge is 0.469 e.